The van der Waals surface area contributed by atoms with Crippen molar-refractivity contribution in [3.63, 3.8) is 0 Å². The zero-order valence-corrected chi connectivity index (χ0v) is 7.94. The maximum absolute atomic E-state index is 8.71. The molecule has 0 saturated carbocycles. The number of hydrogen-bond acceptors (Lipinski definition) is 3. The van der Waals surface area contributed by atoms with Crippen LogP contribution in [-0.2, 0) is 0 Å². The number of allylic oxidation sites excluding steroid dienone is 2. The van der Waals surface area contributed by atoms with Crippen LogP contribution >= 0.6 is 0 Å². The van der Waals surface area contributed by atoms with Gasteiger partial charge in [-0.2, -0.15) is 10.5 Å². The lowest BCUT2D eigenvalue weighted by molar-refractivity contribution is 1.41. The minimum absolute atomic E-state index is 0.187. The minimum atomic E-state index is 0.187. The van der Waals surface area contributed by atoms with Gasteiger partial charge in [0.05, 0.1) is 12.1 Å². The Labute approximate surface area is 88.6 Å². The zero-order chi connectivity index (χ0) is 11.1. The summed E-state index contributed by atoms with van der Waals surface area (Å²) in [4.78, 5) is 0. The third-order valence-corrected chi connectivity index (χ3v) is 1.74. The summed E-state index contributed by atoms with van der Waals surface area (Å²) in [5.41, 5.74) is 1.66. The maximum Gasteiger partial charge on any atom is 0.128 e. The van der Waals surface area contributed by atoms with Gasteiger partial charge in [-0.05, 0) is 11.6 Å². The molecule has 15 heavy (non-hydrogen) atoms. The zero-order valence-electron chi connectivity index (χ0n) is 7.94. The molecule has 0 aliphatic carbocycles. The molecule has 1 aromatic rings. The van der Waals surface area contributed by atoms with Crippen LogP contribution in [0.1, 0.15) is 5.56 Å². The van der Waals surface area contributed by atoms with E-state index < -0.39 is 0 Å². The van der Waals surface area contributed by atoms with Gasteiger partial charge < -0.3 is 5.32 Å². The van der Waals surface area contributed by atoms with Crippen molar-refractivity contribution < 1.29 is 0 Å². The number of benzene rings is 1. The average molecular weight is 194 g/mol. The first kappa shape index (κ1) is 10.6. The Hall–Kier alpha value is -2.52. The highest BCUT2D eigenvalue weighted by Gasteiger charge is 1.99. The van der Waals surface area contributed by atoms with Crippen molar-refractivity contribution in [3.05, 3.63) is 48.2 Å². The van der Waals surface area contributed by atoms with E-state index in [0.29, 0.717) is 5.69 Å². The van der Waals surface area contributed by atoms with Crippen molar-refractivity contribution in [1.29, 1.82) is 10.5 Å². The van der Waals surface area contributed by atoms with Gasteiger partial charge in [-0.1, -0.05) is 30.9 Å². The Bertz CT molecular complexity index is 472. The molecule has 1 rings (SSSR count). The van der Waals surface area contributed by atoms with Crippen LogP contribution < -0.4 is 5.32 Å². The molecule has 3 heteroatoms. The highest BCUT2D eigenvalue weighted by molar-refractivity contribution is 5.67. The second-order valence-electron chi connectivity index (χ2n) is 2.68. The molecule has 3 nitrogen and oxygen atoms in total. The van der Waals surface area contributed by atoms with Crippen LogP contribution in [0.4, 0.5) is 5.69 Å². The van der Waals surface area contributed by atoms with E-state index in [0.717, 1.165) is 11.6 Å². The lowest BCUT2D eigenvalue weighted by Crippen LogP contribution is -1.98. The molecule has 1 N–H and O–H groups in total. The first-order chi connectivity index (χ1) is 7.31. The van der Waals surface area contributed by atoms with Gasteiger partial charge in [0, 0.05) is 5.69 Å². The summed E-state index contributed by atoms with van der Waals surface area (Å²) in [7, 11) is 0. The summed E-state index contributed by atoms with van der Waals surface area (Å²) in [6.45, 7) is 5.41. The molecule has 71 valence electrons. The standard InChI is InChI=1S/C12H8N3/c1-2-10-5-3-4-6-12(10)15-11(9-14)7-8-13/h1-7,15H/b2-1?,11-7+. The van der Waals surface area contributed by atoms with Gasteiger partial charge in [0.25, 0.3) is 0 Å². The van der Waals surface area contributed by atoms with Gasteiger partial charge in [-0.15, -0.1) is 0 Å². The summed E-state index contributed by atoms with van der Waals surface area (Å²) in [5.74, 6) is 0. The molecule has 0 aliphatic rings. The normalized spacial score (nSPS) is 9.87. The lowest BCUT2D eigenvalue weighted by atomic mass is 10.1. The van der Waals surface area contributed by atoms with Gasteiger partial charge in [0.15, 0.2) is 0 Å². The fraction of sp³-hybridized carbons (Fsp3) is 0. The number of hydrogen-bond donors (Lipinski definition) is 1. The van der Waals surface area contributed by atoms with Gasteiger partial charge in [0.1, 0.15) is 11.8 Å². The number of para-hydroxylation sites is 1. The van der Waals surface area contributed by atoms with Crippen molar-refractivity contribution >= 4 is 11.8 Å². The predicted molar refractivity (Wildman–Crippen MR) is 58.1 cm³/mol. The third kappa shape index (κ3) is 2.72. The second-order valence-corrected chi connectivity index (χ2v) is 2.68. The van der Waals surface area contributed by atoms with Crippen LogP contribution in [0.3, 0.4) is 0 Å². The van der Waals surface area contributed by atoms with E-state index in [-0.39, 0.29) is 5.70 Å². The molecule has 0 unspecified atom stereocenters. The van der Waals surface area contributed by atoms with Crippen LogP contribution in [0.25, 0.3) is 6.08 Å². The molecule has 0 heterocycles. The number of nitriles is 2. The molecular formula is C12H8N3. The molecule has 0 bridgehead atoms. The summed E-state index contributed by atoms with van der Waals surface area (Å²) < 4.78 is 0. The molecule has 0 fully saturated rings. The van der Waals surface area contributed by atoms with E-state index in [4.69, 9.17) is 17.1 Å². The Balaban J connectivity index is 3.00. The van der Waals surface area contributed by atoms with Crippen molar-refractivity contribution in [3.8, 4) is 12.1 Å². The largest absolute Gasteiger partial charge is 0.346 e. The molecule has 1 radical (unpaired) electrons. The van der Waals surface area contributed by atoms with Crippen LogP contribution in [0.15, 0.2) is 36.0 Å². The summed E-state index contributed by atoms with van der Waals surface area (Å²) in [6.07, 6.45) is 2.58. The fourth-order valence-electron chi connectivity index (χ4n) is 1.06. The SMILES string of the molecule is [CH]=Cc1ccccc1N/C(C#N)=C/C#N. The van der Waals surface area contributed by atoms with Crippen LogP contribution in [-0.4, -0.2) is 0 Å². The predicted octanol–water partition coefficient (Wildman–Crippen LogP) is 2.48. The van der Waals surface area contributed by atoms with Gasteiger partial charge in [-0.3, -0.25) is 0 Å². The quantitative estimate of drug-likeness (QED) is 0.752. The molecular weight excluding hydrogens is 186 g/mol. The first-order valence-electron chi connectivity index (χ1n) is 4.22. The van der Waals surface area contributed by atoms with Crippen molar-refractivity contribution in [2.75, 3.05) is 5.32 Å². The van der Waals surface area contributed by atoms with Crippen LogP contribution in [0, 0.1) is 29.2 Å². The number of anilines is 1. The number of rotatable bonds is 3. The number of nitrogens with zero attached hydrogens (tertiary/aromatic N) is 2. The molecule has 0 aliphatic heterocycles. The molecule has 1 aromatic carbocycles. The summed E-state index contributed by atoms with van der Waals surface area (Å²) >= 11 is 0. The fourth-order valence-corrected chi connectivity index (χ4v) is 1.06. The Morgan fingerprint density at radius 2 is 2.07 bits per heavy atom. The minimum Gasteiger partial charge on any atom is -0.346 e. The van der Waals surface area contributed by atoms with Crippen molar-refractivity contribution in [2.45, 2.75) is 0 Å². The monoisotopic (exact) mass is 194 g/mol. The number of nitrogens with one attached hydrogen (secondary N) is 1. The van der Waals surface area contributed by atoms with Crippen LogP contribution in [0.2, 0.25) is 0 Å². The van der Waals surface area contributed by atoms with E-state index in [1.807, 2.05) is 24.3 Å². The summed E-state index contributed by atoms with van der Waals surface area (Å²) in [5, 5.41) is 19.9. The lowest BCUT2D eigenvalue weighted by Gasteiger charge is -2.06. The second kappa shape index (κ2) is 5.26. The molecule has 0 spiro atoms. The third-order valence-electron chi connectivity index (χ3n) is 1.74. The van der Waals surface area contributed by atoms with Gasteiger partial charge in [-0.25, -0.2) is 0 Å². The van der Waals surface area contributed by atoms with E-state index >= 15 is 0 Å². The van der Waals surface area contributed by atoms with Crippen molar-refractivity contribution in [1.82, 2.24) is 0 Å². The first-order valence-corrected chi connectivity index (χ1v) is 4.22. The van der Waals surface area contributed by atoms with E-state index in [9.17, 15) is 0 Å². The van der Waals surface area contributed by atoms with Crippen molar-refractivity contribution in [2.24, 2.45) is 0 Å². The van der Waals surface area contributed by atoms with Gasteiger partial charge >= 0.3 is 0 Å². The molecule has 0 atom stereocenters. The topological polar surface area (TPSA) is 59.6 Å². The Morgan fingerprint density at radius 1 is 1.33 bits per heavy atom. The molecule has 0 amide bonds. The average Bonchev–Trinajstić information content (AvgIpc) is 2.29. The maximum atomic E-state index is 8.71. The smallest absolute Gasteiger partial charge is 0.128 e. The Kier molecular flexibility index (Phi) is 3.70. The summed E-state index contributed by atoms with van der Waals surface area (Å²) in [6, 6.07) is 10.9. The molecule has 0 aromatic heterocycles. The van der Waals surface area contributed by atoms with E-state index in [2.05, 4.69) is 5.32 Å². The van der Waals surface area contributed by atoms with Gasteiger partial charge in [0.2, 0.25) is 0 Å². The van der Waals surface area contributed by atoms with E-state index in [1.54, 1.807) is 12.1 Å². The van der Waals surface area contributed by atoms with E-state index in [1.165, 1.54) is 6.08 Å². The highest BCUT2D eigenvalue weighted by Crippen LogP contribution is 2.17. The Morgan fingerprint density at radius 3 is 2.67 bits per heavy atom. The van der Waals surface area contributed by atoms with Crippen LogP contribution in [0.5, 0.6) is 0 Å². The highest BCUT2D eigenvalue weighted by atomic mass is 14.9. The molecule has 0 saturated heterocycles.